The molecule has 0 amide bonds. The predicted octanol–water partition coefficient (Wildman–Crippen LogP) is 2.51. The number of thiocarbonyl (C=S) groups is 1. The molecule has 2 heterocycles. The molecule has 0 aliphatic carbocycles. The lowest BCUT2D eigenvalue weighted by Gasteiger charge is -2.16. The van der Waals surface area contributed by atoms with Crippen LogP contribution in [0.15, 0.2) is 77.7 Å². The summed E-state index contributed by atoms with van der Waals surface area (Å²) in [7, 11) is 0. The van der Waals surface area contributed by atoms with Crippen LogP contribution in [0, 0.1) is 5.82 Å². The van der Waals surface area contributed by atoms with Gasteiger partial charge in [-0.2, -0.15) is 4.57 Å². The maximum atomic E-state index is 13.1. The molecule has 4 nitrogen and oxygen atoms in total. The first-order valence-electron chi connectivity index (χ1n) is 7.59. The Morgan fingerprint density at radius 2 is 1.80 bits per heavy atom. The van der Waals surface area contributed by atoms with E-state index in [1.807, 2.05) is 12.1 Å². The molecule has 0 spiro atoms. The average molecular weight is 354 g/mol. The van der Waals surface area contributed by atoms with Crippen LogP contribution in [0.5, 0.6) is 0 Å². The molecule has 2 aromatic heterocycles. The molecule has 0 saturated heterocycles. The molecular weight excluding hydrogens is 339 g/mol. The van der Waals surface area contributed by atoms with E-state index in [0.29, 0.717) is 17.9 Å². The SMILES string of the molecule is [O-]/C(=C(\C(=S)NCc1ccco1)[n+]1ccccc1)c1ccc(F)cc1. The van der Waals surface area contributed by atoms with Gasteiger partial charge in [0, 0.05) is 12.1 Å². The first-order valence-corrected chi connectivity index (χ1v) is 8.00. The van der Waals surface area contributed by atoms with E-state index in [0.717, 1.165) is 0 Å². The van der Waals surface area contributed by atoms with E-state index < -0.39 is 5.82 Å². The third kappa shape index (κ3) is 4.10. The molecule has 3 aromatic rings. The third-order valence-corrected chi connectivity index (χ3v) is 3.85. The topological polar surface area (TPSA) is 52.1 Å². The van der Waals surface area contributed by atoms with Crippen molar-refractivity contribution in [3.05, 3.63) is 90.4 Å². The second kappa shape index (κ2) is 7.72. The van der Waals surface area contributed by atoms with Gasteiger partial charge in [0.05, 0.1) is 12.8 Å². The molecule has 0 bridgehead atoms. The molecule has 1 aromatic carbocycles. The molecular formula is C19H15FN2O2S. The quantitative estimate of drug-likeness (QED) is 0.331. The zero-order valence-electron chi connectivity index (χ0n) is 13.2. The number of rotatable bonds is 5. The van der Waals surface area contributed by atoms with E-state index in [-0.39, 0.29) is 16.4 Å². The van der Waals surface area contributed by atoms with Crippen LogP contribution in [-0.2, 0) is 6.54 Å². The second-order valence-electron chi connectivity index (χ2n) is 5.23. The Morgan fingerprint density at radius 3 is 2.44 bits per heavy atom. The van der Waals surface area contributed by atoms with Crippen molar-refractivity contribution >= 4 is 28.7 Å². The first kappa shape index (κ1) is 16.9. The van der Waals surface area contributed by atoms with Crippen LogP contribution in [0.3, 0.4) is 0 Å². The maximum absolute atomic E-state index is 13.1. The van der Waals surface area contributed by atoms with E-state index in [9.17, 15) is 9.50 Å². The van der Waals surface area contributed by atoms with E-state index in [1.54, 1.807) is 41.4 Å². The standard InChI is InChI=1S/C19H15FN2O2S/c20-15-8-6-14(7-9-15)18(23)17(22-10-2-1-3-11-22)19(25)21-13-16-5-4-12-24-16/h1-12H,13H2,(H-,21,23,25). The summed E-state index contributed by atoms with van der Waals surface area (Å²) in [5, 5.41) is 16.0. The zero-order valence-corrected chi connectivity index (χ0v) is 14.0. The van der Waals surface area contributed by atoms with Crippen LogP contribution in [0.25, 0.3) is 11.5 Å². The van der Waals surface area contributed by atoms with Crippen molar-refractivity contribution in [2.75, 3.05) is 0 Å². The van der Waals surface area contributed by atoms with Gasteiger partial charge in [-0.05, 0) is 35.6 Å². The largest absolute Gasteiger partial charge is 0.867 e. The van der Waals surface area contributed by atoms with E-state index in [4.69, 9.17) is 16.6 Å². The fourth-order valence-corrected chi connectivity index (χ4v) is 2.56. The highest BCUT2D eigenvalue weighted by Crippen LogP contribution is 2.15. The number of hydrogen-bond donors (Lipinski definition) is 1. The monoisotopic (exact) mass is 354 g/mol. The lowest BCUT2D eigenvalue weighted by Crippen LogP contribution is -2.42. The molecule has 0 aliphatic heterocycles. The molecule has 1 N–H and O–H groups in total. The Hall–Kier alpha value is -2.99. The number of halogens is 1. The zero-order chi connectivity index (χ0) is 17.6. The number of nitrogens with zero attached hydrogens (tertiary/aromatic N) is 1. The smallest absolute Gasteiger partial charge is 0.237 e. The van der Waals surface area contributed by atoms with Gasteiger partial charge in [-0.25, -0.2) is 4.39 Å². The number of pyridine rings is 1. The van der Waals surface area contributed by atoms with Gasteiger partial charge in [0.2, 0.25) is 5.70 Å². The minimum absolute atomic E-state index is 0.280. The van der Waals surface area contributed by atoms with E-state index in [2.05, 4.69) is 5.32 Å². The van der Waals surface area contributed by atoms with Gasteiger partial charge in [0.1, 0.15) is 11.6 Å². The molecule has 126 valence electrons. The van der Waals surface area contributed by atoms with Gasteiger partial charge in [0.25, 0.3) is 0 Å². The summed E-state index contributed by atoms with van der Waals surface area (Å²) in [5.74, 6) is 0.00567. The highest BCUT2D eigenvalue weighted by atomic mass is 32.1. The molecule has 3 rings (SSSR count). The molecule has 0 fully saturated rings. The Kier molecular flexibility index (Phi) is 5.20. The lowest BCUT2D eigenvalue weighted by atomic mass is 10.1. The Labute approximate surface area is 149 Å². The van der Waals surface area contributed by atoms with Gasteiger partial charge in [-0.3, -0.25) is 0 Å². The van der Waals surface area contributed by atoms with Crippen LogP contribution in [0.4, 0.5) is 4.39 Å². The Balaban J connectivity index is 1.96. The van der Waals surface area contributed by atoms with Crippen LogP contribution in [-0.4, -0.2) is 4.99 Å². The summed E-state index contributed by atoms with van der Waals surface area (Å²) in [4.78, 5) is 0.280. The predicted molar refractivity (Wildman–Crippen MR) is 94.3 cm³/mol. The summed E-state index contributed by atoms with van der Waals surface area (Å²) >= 11 is 5.43. The summed E-state index contributed by atoms with van der Waals surface area (Å²) in [6.07, 6.45) is 5.04. The van der Waals surface area contributed by atoms with E-state index in [1.165, 1.54) is 24.3 Å². The number of furan rings is 1. The molecule has 0 radical (unpaired) electrons. The van der Waals surface area contributed by atoms with Gasteiger partial charge < -0.3 is 14.8 Å². The lowest BCUT2D eigenvalue weighted by molar-refractivity contribution is -0.578. The van der Waals surface area contributed by atoms with Crippen molar-refractivity contribution < 1.29 is 18.5 Å². The van der Waals surface area contributed by atoms with Crippen molar-refractivity contribution in [3.63, 3.8) is 0 Å². The second-order valence-corrected chi connectivity index (χ2v) is 5.64. The first-order chi connectivity index (χ1) is 12.1. The van der Waals surface area contributed by atoms with Crippen LogP contribution >= 0.6 is 12.2 Å². The average Bonchev–Trinajstić information content (AvgIpc) is 3.15. The summed E-state index contributed by atoms with van der Waals surface area (Å²) in [6.45, 7) is 0.361. The minimum Gasteiger partial charge on any atom is -0.867 e. The number of nitrogens with one attached hydrogen (secondary N) is 1. The number of aromatic nitrogens is 1. The van der Waals surface area contributed by atoms with Gasteiger partial charge in [-0.1, -0.05) is 30.4 Å². The molecule has 0 unspecified atom stereocenters. The fourth-order valence-electron chi connectivity index (χ4n) is 2.29. The van der Waals surface area contributed by atoms with Gasteiger partial charge in [0.15, 0.2) is 17.4 Å². The fraction of sp³-hybridized carbons (Fsp3) is 0.0526. The molecule has 0 saturated carbocycles. The third-order valence-electron chi connectivity index (χ3n) is 3.51. The Morgan fingerprint density at radius 1 is 1.08 bits per heavy atom. The molecule has 0 aliphatic rings. The van der Waals surface area contributed by atoms with Crippen molar-refractivity contribution in [2.45, 2.75) is 6.54 Å². The summed E-state index contributed by atoms with van der Waals surface area (Å²) in [5.41, 5.74) is 0.642. The van der Waals surface area contributed by atoms with Crippen molar-refractivity contribution in [2.24, 2.45) is 0 Å². The van der Waals surface area contributed by atoms with Crippen molar-refractivity contribution in [1.29, 1.82) is 0 Å². The van der Waals surface area contributed by atoms with Crippen molar-refractivity contribution in [1.82, 2.24) is 5.32 Å². The van der Waals surface area contributed by atoms with Crippen LogP contribution < -0.4 is 15.0 Å². The van der Waals surface area contributed by atoms with Crippen LogP contribution in [0.2, 0.25) is 0 Å². The van der Waals surface area contributed by atoms with Crippen LogP contribution in [0.1, 0.15) is 11.3 Å². The maximum Gasteiger partial charge on any atom is 0.237 e. The molecule has 0 atom stereocenters. The minimum atomic E-state index is -0.399. The van der Waals surface area contributed by atoms with Crippen molar-refractivity contribution in [3.8, 4) is 0 Å². The molecule has 6 heteroatoms. The Bertz CT molecular complexity index is 876. The highest BCUT2D eigenvalue weighted by Gasteiger charge is 2.18. The summed E-state index contributed by atoms with van der Waals surface area (Å²) < 4.78 is 20.0. The van der Waals surface area contributed by atoms with Gasteiger partial charge in [-0.15, -0.1) is 0 Å². The normalized spacial score (nSPS) is 11.7. The highest BCUT2D eigenvalue weighted by molar-refractivity contribution is 7.81. The number of benzene rings is 1. The van der Waals surface area contributed by atoms with Gasteiger partial charge >= 0.3 is 0 Å². The van der Waals surface area contributed by atoms with E-state index >= 15 is 0 Å². The summed E-state index contributed by atoms with van der Waals surface area (Å²) in [6, 6.07) is 14.4. The number of hydrogen-bond acceptors (Lipinski definition) is 3. The molecule has 25 heavy (non-hydrogen) atoms.